The highest BCUT2D eigenvalue weighted by Crippen LogP contribution is 2.36. The van der Waals surface area contributed by atoms with Crippen molar-refractivity contribution < 1.29 is 18.7 Å². The molecule has 0 aliphatic rings. The van der Waals surface area contributed by atoms with Gasteiger partial charge < -0.3 is 14.5 Å². The van der Waals surface area contributed by atoms with Gasteiger partial charge in [-0.3, -0.25) is 9.59 Å². The van der Waals surface area contributed by atoms with Crippen molar-refractivity contribution in [2.24, 2.45) is 5.10 Å². The van der Waals surface area contributed by atoms with E-state index in [0.717, 1.165) is 19.9 Å². The number of hydrazone groups is 1. The maximum Gasteiger partial charge on any atom is 0.271 e. The fraction of sp³-hybridized carbons (Fsp3) is 0.125. The highest BCUT2D eigenvalue weighted by molar-refractivity contribution is 14.1. The fourth-order valence-electron chi connectivity index (χ4n) is 3.32. The smallest absolute Gasteiger partial charge is 0.271 e. The van der Waals surface area contributed by atoms with Crippen LogP contribution in [0.3, 0.4) is 0 Å². The number of furan rings is 1. The topological polar surface area (TPSA) is 92.9 Å². The Morgan fingerprint density at radius 1 is 1.03 bits per heavy atom. The van der Waals surface area contributed by atoms with E-state index >= 15 is 0 Å². The average Bonchev–Trinajstić information content (AvgIpc) is 3.14. The Morgan fingerprint density at radius 3 is 2.62 bits per heavy atom. The van der Waals surface area contributed by atoms with Crippen LogP contribution in [0.2, 0.25) is 0 Å². The molecule has 0 radical (unpaired) electrons. The number of rotatable bonds is 6. The Morgan fingerprint density at radius 2 is 1.84 bits per heavy atom. The van der Waals surface area contributed by atoms with Crippen molar-refractivity contribution in [1.29, 1.82) is 0 Å². The summed E-state index contributed by atoms with van der Waals surface area (Å²) in [4.78, 5) is 24.8. The fourth-order valence-corrected chi connectivity index (χ4v) is 3.87. The molecule has 2 N–H and O–H groups in total. The molecule has 0 saturated carbocycles. The maximum absolute atomic E-state index is 12.6. The van der Waals surface area contributed by atoms with E-state index in [1.54, 1.807) is 38.3 Å². The molecule has 1 aromatic heterocycles. The summed E-state index contributed by atoms with van der Waals surface area (Å²) in [5.74, 6) is -0.0946. The summed E-state index contributed by atoms with van der Waals surface area (Å²) in [5, 5.41) is 8.76. The maximum atomic E-state index is 12.6. The van der Waals surface area contributed by atoms with Crippen LogP contribution in [0.5, 0.6) is 5.75 Å². The average molecular weight is 541 g/mol. The van der Waals surface area contributed by atoms with Crippen molar-refractivity contribution >= 4 is 67.7 Å². The van der Waals surface area contributed by atoms with Crippen LogP contribution in [-0.2, 0) is 4.79 Å². The number of hydrogen-bond donors (Lipinski definition) is 2. The number of fused-ring (bicyclic) bond motifs is 3. The van der Waals surface area contributed by atoms with Gasteiger partial charge in [-0.1, -0.05) is 24.3 Å². The summed E-state index contributed by atoms with van der Waals surface area (Å²) in [6.45, 7) is 1.67. The van der Waals surface area contributed by atoms with Crippen molar-refractivity contribution in [2.75, 3.05) is 12.4 Å². The van der Waals surface area contributed by atoms with E-state index in [4.69, 9.17) is 9.15 Å². The zero-order valence-corrected chi connectivity index (χ0v) is 19.6. The minimum atomic E-state index is -0.333. The second-order valence-corrected chi connectivity index (χ2v) is 8.42. The number of carbonyl (C=O) groups excluding carboxylic acids is 2. The summed E-state index contributed by atoms with van der Waals surface area (Å²) in [7, 11) is 1.55. The van der Waals surface area contributed by atoms with Gasteiger partial charge in [0.25, 0.3) is 5.91 Å². The monoisotopic (exact) mass is 541 g/mol. The number of ether oxygens (including phenoxy) is 1. The zero-order valence-electron chi connectivity index (χ0n) is 17.4. The molecule has 7 nitrogen and oxygen atoms in total. The Bertz CT molecular complexity index is 1360. The van der Waals surface area contributed by atoms with E-state index in [0.29, 0.717) is 28.3 Å². The second kappa shape index (κ2) is 9.39. The van der Waals surface area contributed by atoms with Crippen molar-refractivity contribution in [1.82, 2.24) is 5.43 Å². The molecule has 162 valence electrons. The summed E-state index contributed by atoms with van der Waals surface area (Å²) < 4.78 is 12.3. The molecule has 0 atom stereocenters. The summed E-state index contributed by atoms with van der Waals surface area (Å²) in [6.07, 6.45) is 0.00786. The van der Waals surface area contributed by atoms with Gasteiger partial charge in [0.05, 0.1) is 19.2 Å². The lowest BCUT2D eigenvalue weighted by molar-refractivity contribution is -0.115. The molecule has 0 aliphatic carbocycles. The molecule has 0 spiro atoms. The molecule has 32 heavy (non-hydrogen) atoms. The van der Waals surface area contributed by atoms with E-state index in [-0.39, 0.29) is 18.2 Å². The van der Waals surface area contributed by atoms with Crippen LogP contribution in [0.1, 0.15) is 23.7 Å². The minimum Gasteiger partial charge on any atom is -0.495 e. The zero-order chi connectivity index (χ0) is 22.7. The van der Waals surface area contributed by atoms with Gasteiger partial charge in [-0.15, -0.1) is 0 Å². The number of nitrogens with one attached hydrogen (secondary N) is 2. The van der Waals surface area contributed by atoms with Gasteiger partial charge in [0.2, 0.25) is 5.91 Å². The number of anilines is 1. The van der Waals surface area contributed by atoms with Crippen LogP contribution in [-0.4, -0.2) is 24.6 Å². The van der Waals surface area contributed by atoms with E-state index in [1.807, 2.05) is 36.4 Å². The Labute approximate surface area is 197 Å². The Hall–Kier alpha value is -3.40. The number of halogens is 1. The minimum absolute atomic E-state index is 0.00786. The summed E-state index contributed by atoms with van der Waals surface area (Å²) in [6, 6.07) is 18.5. The van der Waals surface area contributed by atoms with Gasteiger partial charge >= 0.3 is 0 Å². The molecule has 8 heteroatoms. The lowest BCUT2D eigenvalue weighted by Crippen LogP contribution is -2.21. The quantitative estimate of drug-likeness (QED) is 0.196. The van der Waals surface area contributed by atoms with E-state index in [9.17, 15) is 9.59 Å². The van der Waals surface area contributed by atoms with Crippen molar-refractivity contribution in [2.45, 2.75) is 13.3 Å². The normalized spacial score (nSPS) is 11.5. The third-order valence-electron chi connectivity index (χ3n) is 4.82. The molecule has 0 bridgehead atoms. The van der Waals surface area contributed by atoms with Gasteiger partial charge in [-0.2, -0.15) is 5.10 Å². The third kappa shape index (κ3) is 4.75. The highest BCUT2D eigenvalue weighted by atomic mass is 127. The van der Waals surface area contributed by atoms with Gasteiger partial charge in [-0.25, -0.2) is 5.43 Å². The third-order valence-corrected chi connectivity index (χ3v) is 5.50. The first-order chi connectivity index (χ1) is 15.4. The number of carbonyl (C=O) groups is 2. The summed E-state index contributed by atoms with van der Waals surface area (Å²) >= 11 is 2.14. The highest BCUT2D eigenvalue weighted by Gasteiger charge is 2.15. The van der Waals surface area contributed by atoms with Crippen LogP contribution >= 0.6 is 22.6 Å². The molecule has 1 heterocycles. The van der Waals surface area contributed by atoms with Crippen molar-refractivity contribution in [3.63, 3.8) is 0 Å². The predicted molar refractivity (Wildman–Crippen MR) is 133 cm³/mol. The van der Waals surface area contributed by atoms with Crippen molar-refractivity contribution in [3.8, 4) is 5.75 Å². The summed E-state index contributed by atoms with van der Waals surface area (Å²) in [5.41, 5.74) is 5.36. The standard InChI is InChI=1S/C24H20IN3O4/c1-14(27-28-24(30)15-6-5-7-16(25)11-15)10-23(29)26-19-13-21-18(12-22(19)31-2)17-8-3-4-9-20(17)32-21/h3-9,11-13H,10H2,1-2H3,(H,26,29)(H,28,30)/b27-14+. The molecular formula is C24H20IN3O4. The number of para-hydroxylation sites is 1. The lowest BCUT2D eigenvalue weighted by atomic mass is 10.1. The van der Waals surface area contributed by atoms with Gasteiger partial charge in [0.1, 0.15) is 16.9 Å². The first-order valence-electron chi connectivity index (χ1n) is 9.83. The van der Waals surface area contributed by atoms with Crippen LogP contribution in [0.15, 0.2) is 70.2 Å². The molecule has 0 saturated heterocycles. The number of benzene rings is 3. The molecular weight excluding hydrogens is 521 g/mol. The number of methoxy groups -OCH3 is 1. The second-order valence-electron chi connectivity index (χ2n) is 7.17. The van der Waals surface area contributed by atoms with Crippen LogP contribution in [0, 0.1) is 3.57 Å². The molecule has 4 aromatic rings. The lowest BCUT2D eigenvalue weighted by Gasteiger charge is -2.10. The molecule has 0 fully saturated rings. The molecule has 0 aliphatic heterocycles. The predicted octanol–water partition coefficient (Wildman–Crippen LogP) is 5.33. The van der Waals surface area contributed by atoms with Gasteiger partial charge in [0.15, 0.2) is 0 Å². The van der Waals surface area contributed by atoms with Gasteiger partial charge in [0, 0.05) is 31.7 Å². The first kappa shape index (κ1) is 21.8. The van der Waals surface area contributed by atoms with Gasteiger partial charge in [-0.05, 0) is 59.8 Å². The van der Waals surface area contributed by atoms with Crippen molar-refractivity contribution in [3.05, 3.63) is 69.8 Å². The largest absolute Gasteiger partial charge is 0.495 e. The van der Waals surface area contributed by atoms with E-state index in [2.05, 4.69) is 38.4 Å². The van der Waals surface area contributed by atoms with Crippen LogP contribution in [0.4, 0.5) is 5.69 Å². The number of nitrogens with zero attached hydrogens (tertiary/aromatic N) is 1. The van der Waals surface area contributed by atoms with E-state index < -0.39 is 0 Å². The van der Waals surface area contributed by atoms with Crippen LogP contribution in [0.25, 0.3) is 21.9 Å². The van der Waals surface area contributed by atoms with E-state index in [1.165, 1.54) is 0 Å². The molecule has 3 aromatic carbocycles. The Kier molecular flexibility index (Phi) is 6.40. The number of hydrogen-bond acceptors (Lipinski definition) is 5. The molecule has 4 rings (SSSR count). The molecule has 0 unspecified atom stereocenters. The Balaban J connectivity index is 1.46. The van der Waals surface area contributed by atoms with Crippen LogP contribution < -0.4 is 15.5 Å². The first-order valence-corrected chi connectivity index (χ1v) is 10.9. The molecule has 2 amide bonds. The number of amides is 2. The SMILES string of the molecule is COc1cc2c(cc1NC(=O)C/C(C)=N/NC(=O)c1cccc(I)c1)oc1ccccc12.